The van der Waals surface area contributed by atoms with Gasteiger partial charge < -0.3 is 9.84 Å². The molecule has 25 heavy (non-hydrogen) atoms. The summed E-state index contributed by atoms with van der Waals surface area (Å²) in [6.45, 7) is 13.0. The fraction of sp³-hybridized carbons (Fsp3) is 0.773. The van der Waals surface area contributed by atoms with Crippen molar-refractivity contribution in [3.63, 3.8) is 0 Å². The molecule has 2 aliphatic carbocycles. The van der Waals surface area contributed by atoms with E-state index in [0.717, 1.165) is 24.8 Å². The van der Waals surface area contributed by atoms with Crippen molar-refractivity contribution >= 4 is 5.97 Å². The molecule has 3 nitrogen and oxygen atoms in total. The minimum atomic E-state index is -0.526. The van der Waals surface area contributed by atoms with Crippen molar-refractivity contribution in [3.8, 4) is 0 Å². The third kappa shape index (κ3) is 5.20. The molecule has 3 heteroatoms. The van der Waals surface area contributed by atoms with Gasteiger partial charge in [-0.05, 0) is 42.1 Å². The molecule has 0 radical (unpaired) electrons. The molecule has 0 aromatic carbocycles. The molecule has 142 valence electrons. The van der Waals surface area contributed by atoms with Crippen molar-refractivity contribution in [3.05, 3.63) is 23.8 Å². The number of esters is 1. The Kier molecular flexibility index (Phi) is 6.53. The van der Waals surface area contributed by atoms with Crippen molar-refractivity contribution in [2.75, 3.05) is 0 Å². The second kappa shape index (κ2) is 8.07. The van der Waals surface area contributed by atoms with Crippen LogP contribution in [0.2, 0.25) is 0 Å². The van der Waals surface area contributed by atoms with Crippen molar-refractivity contribution < 1.29 is 14.6 Å². The number of aliphatic hydroxyl groups excluding tert-OH is 1. The number of hydrogen-bond acceptors (Lipinski definition) is 3. The lowest BCUT2D eigenvalue weighted by atomic mass is 9.65. The zero-order valence-electron chi connectivity index (χ0n) is 16.8. The average Bonchev–Trinajstić information content (AvgIpc) is 2.52. The number of carbonyl (C=O) groups is 1. The molecule has 0 aromatic heterocycles. The van der Waals surface area contributed by atoms with Crippen molar-refractivity contribution in [1.82, 2.24) is 0 Å². The Morgan fingerprint density at radius 3 is 2.68 bits per heavy atom. The number of allylic oxidation sites excluding steroid dienone is 2. The first-order valence-electron chi connectivity index (χ1n) is 9.91. The summed E-state index contributed by atoms with van der Waals surface area (Å²) in [6.07, 6.45) is 9.17. The molecular formula is C22H36O3. The first kappa shape index (κ1) is 20.2. The standard InChI is InChI=1S/C22H36O3/c1-7-14(2)21(24)25-19-13-17(23)12-16-9-8-15(3)18(20(16)19)10-11-22(4,5)6/h8-9,12,14-15,17-20,23H,7,10-11,13H2,1-6H3/t14-,15-,17+,18-,19-,20-/m0/s1. The fourth-order valence-electron chi connectivity index (χ4n) is 4.02. The Morgan fingerprint density at radius 2 is 2.08 bits per heavy atom. The Labute approximate surface area is 153 Å². The Hall–Kier alpha value is -1.09. The van der Waals surface area contributed by atoms with E-state index >= 15 is 0 Å². The second-order valence-corrected chi connectivity index (χ2v) is 9.26. The summed E-state index contributed by atoms with van der Waals surface area (Å²) in [6, 6.07) is 0. The second-order valence-electron chi connectivity index (χ2n) is 9.26. The number of ether oxygens (including phenoxy) is 1. The largest absolute Gasteiger partial charge is 0.461 e. The van der Waals surface area contributed by atoms with Crippen molar-refractivity contribution in [2.45, 2.75) is 79.4 Å². The predicted molar refractivity (Wildman–Crippen MR) is 102 cm³/mol. The first-order chi connectivity index (χ1) is 11.6. The topological polar surface area (TPSA) is 46.5 Å². The Morgan fingerprint density at radius 1 is 1.40 bits per heavy atom. The molecule has 0 bridgehead atoms. The van der Waals surface area contributed by atoms with Crippen LogP contribution in [0.25, 0.3) is 0 Å². The van der Waals surface area contributed by atoms with Gasteiger partial charge in [0.05, 0.1) is 12.0 Å². The van der Waals surface area contributed by atoms with Gasteiger partial charge in [0.2, 0.25) is 0 Å². The van der Waals surface area contributed by atoms with Gasteiger partial charge in [0.1, 0.15) is 6.10 Å². The maximum absolute atomic E-state index is 12.4. The SMILES string of the molecule is CC[C@H](C)C(=O)O[C@H]1C[C@H](O)C=C2C=C[C@H](C)[C@H](CCC(C)(C)C)[C@H]21. The lowest BCUT2D eigenvalue weighted by Gasteiger charge is -2.43. The summed E-state index contributed by atoms with van der Waals surface area (Å²) in [5.41, 5.74) is 1.44. The van der Waals surface area contributed by atoms with Crippen LogP contribution in [0.5, 0.6) is 0 Å². The van der Waals surface area contributed by atoms with Crippen LogP contribution >= 0.6 is 0 Å². The van der Waals surface area contributed by atoms with Crippen LogP contribution in [0.15, 0.2) is 23.8 Å². The van der Waals surface area contributed by atoms with E-state index in [9.17, 15) is 9.90 Å². The lowest BCUT2D eigenvalue weighted by Crippen LogP contribution is -2.43. The Balaban J connectivity index is 2.23. The van der Waals surface area contributed by atoms with E-state index in [2.05, 4.69) is 39.8 Å². The van der Waals surface area contributed by atoms with Crippen LogP contribution in [0, 0.1) is 29.1 Å². The van der Waals surface area contributed by atoms with Crippen molar-refractivity contribution in [1.29, 1.82) is 0 Å². The zero-order chi connectivity index (χ0) is 18.8. The van der Waals surface area contributed by atoms with E-state index < -0.39 is 6.10 Å². The van der Waals surface area contributed by atoms with E-state index in [0.29, 0.717) is 23.7 Å². The third-order valence-electron chi connectivity index (χ3n) is 5.88. The van der Waals surface area contributed by atoms with Crippen LogP contribution in [0.1, 0.15) is 67.2 Å². The molecule has 2 aliphatic rings. The van der Waals surface area contributed by atoms with Crippen LogP contribution in [0.3, 0.4) is 0 Å². The molecule has 0 saturated carbocycles. The molecule has 1 N–H and O–H groups in total. The molecule has 0 unspecified atom stereocenters. The van der Waals surface area contributed by atoms with Crippen LogP contribution < -0.4 is 0 Å². The van der Waals surface area contributed by atoms with Gasteiger partial charge in [-0.3, -0.25) is 4.79 Å². The smallest absolute Gasteiger partial charge is 0.308 e. The van der Waals surface area contributed by atoms with E-state index in [1.165, 1.54) is 0 Å². The molecule has 0 fully saturated rings. The maximum atomic E-state index is 12.4. The van der Waals surface area contributed by atoms with Gasteiger partial charge in [-0.25, -0.2) is 0 Å². The van der Waals surface area contributed by atoms with Crippen LogP contribution in [-0.4, -0.2) is 23.3 Å². The number of aliphatic hydroxyl groups is 1. The van der Waals surface area contributed by atoms with Gasteiger partial charge in [-0.2, -0.15) is 0 Å². The molecule has 0 aliphatic heterocycles. The van der Waals surface area contributed by atoms with Crippen LogP contribution in [0.4, 0.5) is 0 Å². The van der Waals surface area contributed by atoms with E-state index in [1.807, 2.05) is 19.9 Å². The number of carbonyl (C=O) groups excluding carboxylic acids is 1. The molecule has 0 aromatic rings. The van der Waals surface area contributed by atoms with Crippen molar-refractivity contribution in [2.24, 2.45) is 29.1 Å². The third-order valence-corrected chi connectivity index (χ3v) is 5.88. The maximum Gasteiger partial charge on any atom is 0.308 e. The molecular weight excluding hydrogens is 312 g/mol. The normalized spacial score (nSPS) is 33.4. The zero-order valence-corrected chi connectivity index (χ0v) is 16.8. The minimum Gasteiger partial charge on any atom is -0.461 e. The first-order valence-corrected chi connectivity index (χ1v) is 9.91. The van der Waals surface area contributed by atoms with E-state index in [1.54, 1.807) is 0 Å². The van der Waals surface area contributed by atoms with Gasteiger partial charge >= 0.3 is 5.97 Å². The number of hydrogen-bond donors (Lipinski definition) is 1. The van der Waals surface area contributed by atoms with Gasteiger partial charge in [0, 0.05) is 12.3 Å². The molecule has 0 spiro atoms. The number of fused-ring (bicyclic) bond motifs is 1. The fourth-order valence-corrected chi connectivity index (χ4v) is 4.02. The molecule has 0 heterocycles. The van der Waals surface area contributed by atoms with E-state index in [-0.39, 0.29) is 23.9 Å². The summed E-state index contributed by atoms with van der Waals surface area (Å²) >= 11 is 0. The highest BCUT2D eigenvalue weighted by molar-refractivity contribution is 5.72. The molecule has 6 atom stereocenters. The van der Waals surface area contributed by atoms with Crippen LogP contribution in [-0.2, 0) is 9.53 Å². The summed E-state index contributed by atoms with van der Waals surface area (Å²) in [5.74, 6) is 0.912. The average molecular weight is 349 g/mol. The molecule has 0 saturated heterocycles. The Bertz CT molecular complexity index is 526. The summed E-state index contributed by atoms with van der Waals surface area (Å²) in [7, 11) is 0. The minimum absolute atomic E-state index is 0.0870. The van der Waals surface area contributed by atoms with Gasteiger partial charge in [-0.1, -0.05) is 59.8 Å². The number of rotatable bonds is 5. The monoisotopic (exact) mass is 348 g/mol. The van der Waals surface area contributed by atoms with E-state index in [4.69, 9.17) is 4.74 Å². The molecule has 2 rings (SSSR count). The summed E-state index contributed by atoms with van der Waals surface area (Å²) in [4.78, 5) is 12.4. The summed E-state index contributed by atoms with van der Waals surface area (Å²) in [5, 5.41) is 10.2. The summed E-state index contributed by atoms with van der Waals surface area (Å²) < 4.78 is 5.92. The lowest BCUT2D eigenvalue weighted by molar-refractivity contribution is -0.159. The van der Waals surface area contributed by atoms with Gasteiger partial charge in [0.25, 0.3) is 0 Å². The van der Waals surface area contributed by atoms with Gasteiger partial charge in [-0.15, -0.1) is 0 Å². The molecule has 0 amide bonds. The highest BCUT2D eigenvalue weighted by Gasteiger charge is 2.42. The predicted octanol–water partition coefficient (Wildman–Crippen LogP) is 4.90. The van der Waals surface area contributed by atoms with Gasteiger partial charge in [0.15, 0.2) is 0 Å². The highest BCUT2D eigenvalue weighted by Crippen LogP contribution is 2.44. The highest BCUT2D eigenvalue weighted by atomic mass is 16.5. The quantitative estimate of drug-likeness (QED) is 0.719.